The highest BCUT2D eigenvalue weighted by Crippen LogP contribution is 2.35. The van der Waals surface area contributed by atoms with Crippen LogP contribution in [0.2, 0.25) is 10.0 Å². The molecule has 0 saturated carbocycles. The second-order valence-electron chi connectivity index (χ2n) is 7.78. The van der Waals surface area contributed by atoms with Crippen LogP contribution in [-0.2, 0) is 16.3 Å². The zero-order valence-electron chi connectivity index (χ0n) is 18.3. The van der Waals surface area contributed by atoms with Gasteiger partial charge < -0.3 is 14.4 Å². The molecule has 0 unspecified atom stereocenters. The lowest BCUT2D eigenvalue weighted by molar-refractivity contribution is 0.385. The van der Waals surface area contributed by atoms with Crippen molar-refractivity contribution in [2.45, 2.75) is 29.4 Å². The third-order valence-electron chi connectivity index (χ3n) is 5.75. The molecule has 1 aromatic heterocycles. The van der Waals surface area contributed by atoms with Crippen LogP contribution in [0.25, 0.3) is 0 Å². The van der Waals surface area contributed by atoms with E-state index in [-0.39, 0.29) is 4.90 Å². The summed E-state index contributed by atoms with van der Waals surface area (Å²) >= 11 is 13.8. The fraction of sp³-hybridized carbons (Fsp3) is 0.348. The Morgan fingerprint density at radius 2 is 1.85 bits per heavy atom. The van der Waals surface area contributed by atoms with Crippen molar-refractivity contribution < 1.29 is 17.9 Å². The van der Waals surface area contributed by atoms with Gasteiger partial charge in [0.05, 0.1) is 25.2 Å². The highest BCUT2D eigenvalue weighted by molar-refractivity contribution is 7.92. The average Bonchev–Trinajstić information content (AvgIpc) is 3.29. The first-order valence-electron chi connectivity index (χ1n) is 10.4. The lowest BCUT2D eigenvalue weighted by atomic mass is 10.1. The minimum atomic E-state index is -3.53. The lowest BCUT2D eigenvalue weighted by Crippen LogP contribution is -2.39. The average molecular weight is 527 g/mol. The Morgan fingerprint density at radius 3 is 2.52 bits per heavy atom. The zero-order valence-corrected chi connectivity index (χ0v) is 21.4. The number of nitrogens with zero attached hydrogens (tertiary/aromatic N) is 2. The van der Waals surface area contributed by atoms with Gasteiger partial charge in [0.25, 0.3) is 0 Å². The molecule has 3 aromatic rings. The molecule has 176 valence electrons. The Bertz CT molecular complexity index is 1240. The van der Waals surface area contributed by atoms with Crippen LogP contribution in [0.4, 0.5) is 5.13 Å². The summed E-state index contributed by atoms with van der Waals surface area (Å²) in [7, 11) is -0.528. The van der Waals surface area contributed by atoms with Gasteiger partial charge in [-0.3, -0.25) is 0 Å². The molecule has 1 aliphatic heterocycles. The van der Waals surface area contributed by atoms with E-state index in [1.165, 1.54) is 14.2 Å². The molecular weight excluding hydrogens is 503 g/mol. The largest absolute Gasteiger partial charge is 0.497 e. The summed E-state index contributed by atoms with van der Waals surface area (Å²) in [5.41, 5.74) is 1.90. The molecule has 1 aliphatic rings. The van der Waals surface area contributed by atoms with E-state index in [2.05, 4.69) is 4.90 Å². The summed E-state index contributed by atoms with van der Waals surface area (Å²) in [4.78, 5) is 7.11. The maximum absolute atomic E-state index is 13.3. The van der Waals surface area contributed by atoms with Crippen molar-refractivity contribution in [1.82, 2.24) is 4.98 Å². The molecule has 10 heteroatoms. The zero-order chi connectivity index (χ0) is 23.6. The Morgan fingerprint density at radius 1 is 1.09 bits per heavy atom. The molecule has 1 saturated heterocycles. The van der Waals surface area contributed by atoms with E-state index in [1.807, 2.05) is 17.5 Å². The predicted molar refractivity (Wildman–Crippen MR) is 133 cm³/mol. The summed E-state index contributed by atoms with van der Waals surface area (Å²) in [6.07, 6.45) is 1.67. The molecule has 0 bridgehead atoms. The van der Waals surface area contributed by atoms with Crippen molar-refractivity contribution in [3.63, 3.8) is 0 Å². The van der Waals surface area contributed by atoms with Crippen LogP contribution in [-0.4, -0.2) is 46.0 Å². The number of piperidine rings is 1. The van der Waals surface area contributed by atoms with Gasteiger partial charge in [0.2, 0.25) is 0 Å². The van der Waals surface area contributed by atoms with E-state index in [4.69, 9.17) is 37.7 Å². The molecule has 4 rings (SSSR count). The van der Waals surface area contributed by atoms with Gasteiger partial charge in [-0.2, -0.15) is 0 Å². The van der Waals surface area contributed by atoms with Crippen molar-refractivity contribution in [1.29, 1.82) is 0 Å². The van der Waals surface area contributed by atoms with Crippen LogP contribution in [0, 0.1) is 0 Å². The van der Waals surface area contributed by atoms with E-state index in [0.717, 1.165) is 16.4 Å². The maximum Gasteiger partial charge on any atom is 0.185 e. The molecule has 0 N–H and O–H groups in total. The maximum atomic E-state index is 13.3. The quantitative estimate of drug-likeness (QED) is 0.404. The van der Waals surface area contributed by atoms with Crippen LogP contribution in [0.1, 0.15) is 24.1 Å². The normalized spacial score (nSPS) is 15.0. The number of sulfone groups is 1. The number of thiazole rings is 1. The molecule has 33 heavy (non-hydrogen) atoms. The molecule has 0 amide bonds. The molecule has 2 heterocycles. The van der Waals surface area contributed by atoms with Crippen LogP contribution >= 0.6 is 34.5 Å². The van der Waals surface area contributed by atoms with Crippen LogP contribution in [0.5, 0.6) is 11.5 Å². The summed E-state index contributed by atoms with van der Waals surface area (Å²) in [6, 6.07) is 10.3. The monoisotopic (exact) mass is 526 g/mol. The number of hydrogen-bond acceptors (Lipinski definition) is 7. The van der Waals surface area contributed by atoms with Crippen molar-refractivity contribution in [3.05, 3.63) is 63.1 Å². The Labute approximate surface area is 208 Å². The second kappa shape index (κ2) is 10.1. The Kier molecular flexibility index (Phi) is 7.38. The first-order valence-corrected chi connectivity index (χ1v) is 13.6. The molecule has 1 fully saturated rings. The number of aromatic nitrogens is 1. The number of halogens is 2. The summed E-state index contributed by atoms with van der Waals surface area (Å²) < 4.78 is 37.1. The number of hydrogen-bond donors (Lipinski definition) is 0. The smallest absolute Gasteiger partial charge is 0.185 e. The van der Waals surface area contributed by atoms with Crippen LogP contribution in [0.15, 0.2) is 46.7 Å². The van der Waals surface area contributed by atoms with E-state index >= 15 is 0 Å². The first kappa shape index (κ1) is 24.1. The van der Waals surface area contributed by atoms with Gasteiger partial charge in [-0.25, -0.2) is 13.4 Å². The second-order valence-corrected chi connectivity index (χ2v) is 11.7. The SMILES string of the molecule is COc1ccc(S(=O)(=O)C2CCN(c3nc(Cc4ccc(Cl)cc4Cl)cs3)CC2)c(OC)c1. The fourth-order valence-corrected chi connectivity index (χ4v) is 7.16. The molecule has 2 aromatic carbocycles. The molecule has 0 aliphatic carbocycles. The highest BCUT2D eigenvalue weighted by Gasteiger charge is 2.34. The van der Waals surface area contributed by atoms with Gasteiger partial charge in [-0.15, -0.1) is 11.3 Å². The van der Waals surface area contributed by atoms with Gasteiger partial charge in [0, 0.05) is 41.0 Å². The molecule has 0 radical (unpaired) electrons. The molecular formula is C23H24Cl2N2O4S2. The van der Waals surface area contributed by atoms with Crippen LogP contribution in [0.3, 0.4) is 0 Å². The van der Waals surface area contributed by atoms with E-state index < -0.39 is 15.1 Å². The first-order chi connectivity index (χ1) is 15.8. The summed E-state index contributed by atoms with van der Waals surface area (Å²) in [5.74, 6) is 0.863. The minimum Gasteiger partial charge on any atom is -0.497 e. The fourth-order valence-electron chi connectivity index (χ4n) is 3.93. The predicted octanol–water partition coefficient (Wildman–Crippen LogP) is 5.50. The topological polar surface area (TPSA) is 68.7 Å². The highest BCUT2D eigenvalue weighted by atomic mass is 35.5. The van der Waals surface area contributed by atoms with Gasteiger partial charge in [0.15, 0.2) is 15.0 Å². The Hall–Kier alpha value is -2.00. The van der Waals surface area contributed by atoms with Crippen molar-refractivity contribution in [3.8, 4) is 11.5 Å². The lowest BCUT2D eigenvalue weighted by Gasteiger charge is -2.31. The number of benzene rings is 2. The van der Waals surface area contributed by atoms with Gasteiger partial charge in [-0.1, -0.05) is 29.3 Å². The molecule has 0 atom stereocenters. The van der Waals surface area contributed by atoms with Crippen molar-refractivity contribution >= 4 is 49.5 Å². The van der Waals surface area contributed by atoms with Gasteiger partial charge >= 0.3 is 0 Å². The van der Waals surface area contributed by atoms with Crippen molar-refractivity contribution in [2.24, 2.45) is 0 Å². The van der Waals surface area contributed by atoms with E-state index in [0.29, 0.717) is 53.9 Å². The number of methoxy groups -OCH3 is 2. The minimum absolute atomic E-state index is 0.209. The van der Waals surface area contributed by atoms with Crippen molar-refractivity contribution in [2.75, 3.05) is 32.2 Å². The molecule has 6 nitrogen and oxygen atoms in total. The third kappa shape index (κ3) is 5.24. The van der Waals surface area contributed by atoms with Gasteiger partial charge in [0.1, 0.15) is 16.4 Å². The molecule has 0 spiro atoms. The summed E-state index contributed by atoms with van der Waals surface area (Å²) in [6.45, 7) is 1.24. The summed E-state index contributed by atoms with van der Waals surface area (Å²) in [5, 5.41) is 3.67. The Balaban J connectivity index is 1.43. The van der Waals surface area contributed by atoms with Gasteiger partial charge in [-0.05, 0) is 42.7 Å². The third-order valence-corrected chi connectivity index (χ3v) is 9.59. The number of anilines is 1. The van der Waals surface area contributed by atoms with E-state index in [1.54, 1.807) is 35.6 Å². The van der Waals surface area contributed by atoms with Crippen LogP contribution < -0.4 is 14.4 Å². The van der Waals surface area contributed by atoms with E-state index in [9.17, 15) is 8.42 Å². The standard InChI is InChI=1S/C23H24Cl2N2O4S2/c1-30-18-5-6-22(21(13-18)31-2)33(28,29)19-7-9-27(10-8-19)23-26-17(14-32-23)11-15-3-4-16(24)12-20(15)25/h3-6,12-14,19H,7-11H2,1-2H3. The number of rotatable bonds is 7. The number of ether oxygens (including phenoxy) is 2.